The number of rotatable bonds is 6. The summed E-state index contributed by atoms with van der Waals surface area (Å²) in [6, 6.07) is 6.73. The molecule has 1 amide bonds. The first-order chi connectivity index (χ1) is 11.9. The number of hydrogen-bond donors (Lipinski definition) is 1. The van der Waals surface area contributed by atoms with Crippen molar-refractivity contribution in [3.8, 4) is 11.5 Å². The van der Waals surface area contributed by atoms with Crippen LogP contribution in [0.3, 0.4) is 0 Å². The molecule has 2 aromatic rings. The number of carbonyl (C=O) groups is 1. The van der Waals surface area contributed by atoms with Gasteiger partial charge in [-0.1, -0.05) is 6.07 Å². The minimum absolute atomic E-state index is 0.0547. The monoisotopic (exact) mass is 355 g/mol. The summed E-state index contributed by atoms with van der Waals surface area (Å²) in [4.78, 5) is 11.8. The Morgan fingerprint density at radius 3 is 2.56 bits per heavy atom. The van der Waals surface area contributed by atoms with E-state index in [2.05, 4.69) is 10.1 Å². The van der Waals surface area contributed by atoms with Crippen LogP contribution in [0.25, 0.3) is 6.08 Å². The molecule has 0 saturated carbocycles. The van der Waals surface area contributed by atoms with Crippen molar-refractivity contribution in [2.45, 2.75) is 6.61 Å². The van der Waals surface area contributed by atoms with Gasteiger partial charge in [-0.25, -0.2) is 8.78 Å². The van der Waals surface area contributed by atoms with Gasteiger partial charge in [0, 0.05) is 12.1 Å². The van der Waals surface area contributed by atoms with Gasteiger partial charge in [-0.2, -0.15) is 8.78 Å². The normalized spacial score (nSPS) is 11.0. The summed E-state index contributed by atoms with van der Waals surface area (Å²) in [7, 11) is 1.28. The summed E-state index contributed by atoms with van der Waals surface area (Å²) >= 11 is 0. The molecule has 0 aliphatic heterocycles. The number of carbonyl (C=O) groups excluding carboxylic acids is 1. The molecule has 0 aromatic heterocycles. The molecule has 0 bridgehead atoms. The van der Waals surface area contributed by atoms with E-state index >= 15 is 0 Å². The Bertz CT molecular complexity index is 793. The van der Waals surface area contributed by atoms with Crippen LogP contribution in [0.15, 0.2) is 42.5 Å². The molecule has 132 valence electrons. The van der Waals surface area contributed by atoms with Crippen molar-refractivity contribution in [1.29, 1.82) is 0 Å². The molecule has 4 nitrogen and oxygen atoms in total. The lowest BCUT2D eigenvalue weighted by Gasteiger charge is -2.10. The molecule has 0 aliphatic rings. The van der Waals surface area contributed by atoms with Gasteiger partial charge < -0.3 is 14.8 Å². The first-order valence-corrected chi connectivity index (χ1v) is 6.96. The predicted octanol–water partition coefficient (Wildman–Crippen LogP) is 4.23. The molecule has 0 saturated heterocycles. The fourth-order valence-corrected chi connectivity index (χ4v) is 1.92. The van der Waals surface area contributed by atoms with Gasteiger partial charge in [0.15, 0.2) is 11.5 Å². The molecule has 0 fully saturated rings. The number of amides is 1. The second-order valence-corrected chi connectivity index (χ2v) is 4.74. The molecular weight excluding hydrogens is 342 g/mol. The lowest BCUT2D eigenvalue weighted by atomic mass is 10.2. The maximum atomic E-state index is 13.4. The Balaban J connectivity index is 2.10. The summed E-state index contributed by atoms with van der Waals surface area (Å²) in [5.74, 6) is -2.27. The highest BCUT2D eigenvalue weighted by Crippen LogP contribution is 2.29. The van der Waals surface area contributed by atoms with Crippen LogP contribution in [-0.4, -0.2) is 19.6 Å². The van der Waals surface area contributed by atoms with Crippen LogP contribution in [0.5, 0.6) is 11.5 Å². The smallest absolute Gasteiger partial charge is 0.387 e. The van der Waals surface area contributed by atoms with Crippen molar-refractivity contribution in [2.75, 3.05) is 12.4 Å². The van der Waals surface area contributed by atoms with Crippen molar-refractivity contribution in [2.24, 2.45) is 0 Å². The van der Waals surface area contributed by atoms with E-state index in [1.807, 2.05) is 0 Å². The Kier molecular flexibility index (Phi) is 5.99. The van der Waals surface area contributed by atoms with E-state index in [0.29, 0.717) is 5.56 Å². The maximum absolute atomic E-state index is 13.4. The average Bonchev–Trinajstić information content (AvgIpc) is 2.56. The second kappa shape index (κ2) is 8.18. The number of alkyl halides is 2. The van der Waals surface area contributed by atoms with Crippen LogP contribution in [0.4, 0.5) is 23.2 Å². The summed E-state index contributed by atoms with van der Waals surface area (Å²) in [6.07, 6.45) is 2.42. The third kappa shape index (κ3) is 5.23. The molecule has 0 radical (unpaired) electrons. The summed E-state index contributed by atoms with van der Waals surface area (Å²) in [5.41, 5.74) is 0.154. The van der Waals surface area contributed by atoms with Crippen LogP contribution in [-0.2, 0) is 4.79 Å². The first-order valence-electron chi connectivity index (χ1n) is 6.96. The fraction of sp³-hybridized carbons (Fsp3) is 0.118. The summed E-state index contributed by atoms with van der Waals surface area (Å²) < 4.78 is 60.2. The van der Waals surface area contributed by atoms with Crippen molar-refractivity contribution >= 4 is 17.7 Å². The van der Waals surface area contributed by atoms with E-state index in [0.717, 1.165) is 24.3 Å². The van der Waals surface area contributed by atoms with Gasteiger partial charge in [0.25, 0.3) is 0 Å². The van der Waals surface area contributed by atoms with Crippen molar-refractivity contribution < 1.29 is 31.8 Å². The van der Waals surface area contributed by atoms with E-state index in [-0.39, 0.29) is 17.2 Å². The number of halogens is 4. The van der Waals surface area contributed by atoms with Gasteiger partial charge in [-0.15, -0.1) is 0 Å². The van der Waals surface area contributed by atoms with Gasteiger partial charge in [-0.05, 0) is 35.9 Å². The SMILES string of the molecule is COc1cc(/C=C/C(=O)Nc2cc(F)ccc2F)ccc1OC(F)F. The molecule has 0 heterocycles. The molecular formula is C17H13F4NO3. The lowest BCUT2D eigenvalue weighted by Crippen LogP contribution is -2.09. The van der Waals surface area contributed by atoms with Crippen LogP contribution in [0.1, 0.15) is 5.56 Å². The zero-order valence-corrected chi connectivity index (χ0v) is 12.9. The van der Waals surface area contributed by atoms with E-state index in [4.69, 9.17) is 4.74 Å². The Morgan fingerprint density at radius 2 is 1.88 bits per heavy atom. The molecule has 2 aromatic carbocycles. The molecule has 0 aliphatic carbocycles. The number of hydrogen-bond acceptors (Lipinski definition) is 3. The number of nitrogens with one attached hydrogen (secondary N) is 1. The molecule has 0 atom stereocenters. The van der Waals surface area contributed by atoms with Crippen molar-refractivity contribution in [1.82, 2.24) is 0 Å². The predicted molar refractivity (Wildman–Crippen MR) is 83.6 cm³/mol. The Morgan fingerprint density at radius 1 is 1.12 bits per heavy atom. The summed E-state index contributed by atoms with van der Waals surface area (Å²) in [6.45, 7) is -3.00. The van der Waals surface area contributed by atoms with E-state index in [9.17, 15) is 22.4 Å². The molecule has 2 rings (SSSR count). The highest BCUT2D eigenvalue weighted by molar-refractivity contribution is 6.02. The minimum Gasteiger partial charge on any atom is -0.493 e. The molecule has 0 spiro atoms. The van der Waals surface area contributed by atoms with Gasteiger partial charge >= 0.3 is 6.61 Å². The van der Waals surface area contributed by atoms with Gasteiger partial charge in [0.05, 0.1) is 12.8 Å². The quantitative estimate of drug-likeness (QED) is 0.623. The van der Waals surface area contributed by atoms with Crippen LogP contribution < -0.4 is 14.8 Å². The molecule has 1 N–H and O–H groups in total. The lowest BCUT2D eigenvalue weighted by molar-refractivity contribution is -0.111. The van der Waals surface area contributed by atoms with Crippen molar-refractivity contribution in [3.63, 3.8) is 0 Å². The van der Waals surface area contributed by atoms with E-state index in [1.165, 1.54) is 31.4 Å². The Labute approximate surface area is 140 Å². The number of ether oxygens (including phenoxy) is 2. The van der Waals surface area contributed by atoms with Crippen LogP contribution >= 0.6 is 0 Å². The number of anilines is 1. The Hall–Kier alpha value is -3.03. The van der Waals surface area contributed by atoms with Gasteiger partial charge in [0.1, 0.15) is 11.6 Å². The third-order valence-corrected chi connectivity index (χ3v) is 3.02. The van der Waals surface area contributed by atoms with Gasteiger partial charge in [0.2, 0.25) is 5.91 Å². The molecule has 25 heavy (non-hydrogen) atoms. The highest BCUT2D eigenvalue weighted by atomic mass is 19.3. The fourth-order valence-electron chi connectivity index (χ4n) is 1.92. The zero-order chi connectivity index (χ0) is 18.4. The first kappa shape index (κ1) is 18.3. The topological polar surface area (TPSA) is 47.6 Å². The zero-order valence-electron chi connectivity index (χ0n) is 12.9. The molecule has 0 unspecified atom stereocenters. The van der Waals surface area contributed by atoms with Crippen LogP contribution in [0, 0.1) is 11.6 Å². The number of benzene rings is 2. The third-order valence-electron chi connectivity index (χ3n) is 3.02. The number of methoxy groups -OCH3 is 1. The van der Waals surface area contributed by atoms with Crippen LogP contribution in [0.2, 0.25) is 0 Å². The van der Waals surface area contributed by atoms with E-state index in [1.54, 1.807) is 0 Å². The minimum atomic E-state index is -3.00. The summed E-state index contributed by atoms with van der Waals surface area (Å²) in [5, 5.41) is 2.19. The van der Waals surface area contributed by atoms with Crippen molar-refractivity contribution in [3.05, 3.63) is 59.7 Å². The average molecular weight is 355 g/mol. The largest absolute Gasteiger partial charge is 0.493 e. The second-order valence-electron chi connectivity index (χ2n) is 4.74. The standard InChI is InChI=1S/C17H13F4NO3/c1-24-15-8-10(2-6-14(15)25-17(20)21)3-7-16(23)22-13-9-11(18)4-5-12(13)19/h2-9,17H,1H3,(H,22,23)/b7-3+. The highest BCUT2D eigenvalue weighted by Gasteiger charge is 2.11. The van der Waals surface area contributed by atoms with E-state index < -0.39 is 24.2 Å². The van der Waals surface area contributed by atoms with Gasteiger partial charge in [-0.3, -0.25) is 4.79 Å². The molecule has 8 heteroatoms. The maximum Gasteiger partial charge on any atom is 0.387 e.